The Morgan fingerprint density at radius 1 is 1.16 bits per heavy atom. The SMILES string of the molecule is N#CC1(NS(=O)(=O)c2ccc3c4c(N5CCC[C@H](F)C5N5CCOCC5)ncnc4n(-c4nnc(C(F)F)s4)c3c2)CC1. The number of sulfonamides is 1. The van der Waals surface area contributed by atoms with E-state index in [1.807, 2.05) is 15.9 Å². The van der Waals surface area contributed by atoms with E-state index in [1.165, 1.54) is 23.0 Å². The zero-order valence-corrected chi connectivity index (χ0v) is 24.3. The van der Waals surface area contributed by atoms with Crippen molar-refractivity contribution in [2.75, 3.05) is 37.7 Å². The lowest BCUT2D eigenvalue weighted by Crippen LogP contribution is -2.59. The first kappa shape index (κ1) is 28.3. The molecule has 1 saturated carbocycles. The molecule has 0 amide bonds. The third-order valence-electron chi connectivity index (χ3n) is 8.12. The van der Waals surface area contributed by atoms with Crippen LogP contribution in [0.4, 0.5) is 19.0 Å². The number of halogens is 3. The van der Waals surface area contributed by atoms with Gasteiger partial charge in [-0.1, -0.05) is 17.4 Å². The Morgan fingerprint density at radius 3 is 2.65 bits per heavy atom. The van der Waals surface area contributed by atoms with E-state index in [2.05, 4.69) is 24.9 Å². The number of nitrogens with zero attached hydrogens (tertiary/aromatic N) is 8. The number of hydrogen-bond donors (Lipinski definition) is 1. The molecule has 5 heterocycles. The first-order valence-electron chi connectivity index (χ1n) is 13.8. The number of benzene rings is 1. The smallest absolute Gasteiger partial charge is 0.291 e. The minimum atomic E-state index is -4.12. The molecule has 4 aromatic rings. The van der Waals surface area contributed by atoms with E-state index in [9.17, 15) is 22.5 Å². The van der Waals surface area contributed by atoms with Crippen LogP contribution in [-0.4, -0.2) is 88.8 Å². The Hall–Kier alpha value is -3.43. The molecule has 0 bridgehead atoms. The minimum Gasteiger partial charge on any atom is -0.379 e. The zero-order valence-electron chi connectivity index (χ0n) is 22.7. The number of alkyl halides is 3. The molecule has 2 aliphatic heterocycles. The van der Waals surface area contributed by atoms with Crippen molar-refractivity contribution in [3.63, 3.8) is 0 Å². The largest absolute Gasteiger partial charge is 0.379 e. The number of ether oxygens (including phenoxy) is 1. The van der Waals surface area contributed by atoms with Crippen LogP contribution in [0.5, 0.6) is 0 Å². The monoisotopic (exact) mass is 633 g/mol. The predicted molar refractivity (Wildman–Crippen MR) is 150 cm³/mol. The fourth-order valence-electron chi connectivity index (χ4n) is 5.89. The van der Waals surface area contributed by atoms with Crippen molar-refractivity contribution >= 4 is 49.1 Å². The second kappa shape index (κ2) is 10.6. The first-order valence-corrected chi connectivity index (χ1v) is 16.1. The lowest BCUT2D eigenvalue weighted by molar-refractivity contribution is -0.0109. The van der Waals surface area contributed by atoms with Gasteiger partial charge in [0, 0.05) is 25.0 Å². The van der Waals surface area contributed by atoms with Crippen LogP contribution in [0.2, 0.25) is 0 Å². The Balaban J connectivity index is 1.43. The molecule has 0 spiro atoms. The molecule has 1 aromatic carbocycles. The zero-order chi connectivity index (χ0) is 29.9. The number of nitriles is 1. The lowest BCUT2D eigenvalue weighted by Gasteiger charge is -2.46. The predicted octanol–water partition coefficient (Wildman–Crippen LogP) is 3.29. The van der Waals surface area contributed by atoms with E-state index >= 15 is 4.39 Å². The van der Waals surface area contributed by atoms with Gasteiger partial charge in [-0.2, -0.15) is 9.98 Å². The maximum atomic E-state index is 15.6. The molecule has 17 heteroatoms. The van der Waals surface area contributed by atoms with Crippen molar-refractivity contribution < 1.29 is 26.3 Å². The van der Waals surface area contributed by atoms with E-state index in [0.717, 1.165) is 0 Å². The minimum absolute atomic E-state index is 0.0601. The number of rotatable bonds is 7. The molecule has 0 radical (unpaired) electrons. The average Bonchev–Trinajstić information content (AvgIpc) is 3.44. The standard InChI is InChI=1S/C26H26F3N9O3S2/c27-17-2-1-7-37(24(17)36-8-10-41-11-9-36)21-19-16-4-3-15(43(39,40)35-26(13-30)5-6-26)12-18(16)38(22(19)32-14-31-21)25-34-33-23(42-25)20(28)29/h3-4,12,14,17,20,24,35H,1-2,5-11H2/t17-,24?/m0/s1. The molecule has 1 N–H and O–H groups in total. The maximum Gasteiger partial charge on any atom is 0.291 e. The van der Waals surface area contributed by atoms with Crippen LogP contribution in [-0.2, 0) is 14.8 Å². The lowest BCUT2D eigenvalue weighted by atomic mass is 10.0. The van der Waals surface area contributed by atoms with Gasteiger partial charge in [0.15, 0.2) is 10.7 Å². The molecule has 3 aromatic heterocycles. The summed E-state index contributed by atoms with van der Waals surface area (Å²) in [5, 5.41) is 17.7. The van der Waals surface area contributed by atoms with Gasteiger partial charge in [-0.3, -0.25) is 9.47 Å². The maximum absolute atomic E-state index is 15.6. The first-order chi connectivity index (χ1) is 20.7. The summed E-state index contributed by atoms with van der Waals surface area (Å²) in [6.07, 6.45) is -1.49. The van der Waals surface area contributed by atoms with Crippen molar-refractivity contribution in [3.8, 4) is 11.2 Å². The van der Waals surface area contributed by atoms with Gasteiger partial charge in [0.1, 0.15) is 30.0 Å². The van der Waals surface area contributed by atoms with Crippen LogP contribution in [0.3, 0.4) is 0 Å². The summed E-state index contributed by atoms with van der Waals surface area (Å²) in [6, 6.07) is 6.42. The molecule has 43 heavy (non-hydrogen) atoms. The highest BCUT2D eigenvalue weighted by Gasteiger charge is 2.47. The summed E-state index contributed by atoms with van der Waals surface area (Å²) < 4.78 is 78.8. The topological polar surface area (TPSA) is 142 Å². The Morgan fingerprint density at radius 2 is 1.95 bits per heavy atom. The number of morpholine rings is 1. The molecule has 1 unspecified atom stereocenters. The van der Waals surface area contributed by atoms with Gasteiger partial charge in [0.05, 0.1) is 35.1 Å². The average molecular weight is 634 g/mol. The highest BCUT2D eigenvalue weighted by molar-refractivity contribution is 7.89. The number of fused-ring (bicyclic) bond motifs is 3. The van der Waals surface area contributed by atoms with Crippen LogP contribution in [0.25, 0.3) is 27.1 Å². The van der Waals surface area contributed by atoms with Gasteiger partial charge >= 0.3 is 0 Å². The summed E-state index contributed by atoms with van der Waals surface area (Å²) in [4.78, 5) is 12.9. The van der Waals surface area contributed by atoms with E-state index in [4.69, 9.17) is 4.74 Å². The van der Waals surface area contributed by atoms with Crippen LogP contribution >= 0.6 is 11.3 Å². The third-order valence-corrected chi connectivity index (χ3v) is 10.6. The van der Waals surface area contributed by atoms with Gasteiger partial charge in [-0.15, -0.1) is 10.2 Å². The summed E-state index contributed by atoms with van der Waals surface area (Å²) in [7, 11) is -4.12. The fraction of sp³-hybridized carbons (Fsp3) is 0.500. The summed E-state index contributed by atoms with van der Waals surface area (Å²) in [5.41, 5.74) is -0.539. The van der Waals surface area contributed by atoms with E-state index in [1.54, 1.807) is 6.07 Å². The highest BCUT2D eigenvalue weighted by Crippen LogP contribution is 2.41. The van der Waals surface area contributed by atoms with E-state index in [-0.39, 0.29) is 15.7 Å². The summed E-state index contributed by atoms with van der Waals surface area (Å²) >= 11 is 0.657. The molecule has 1 aliphatic carbocycles. The second-order valence-electron chi connectivity index (χ2n) is 10.8. The second-order valence-corrected chi connectivity index (χ2v) is 13.5. The molecular weight excluding hydrogens is 607 g/mol. The van der Waals surface area contributed by atoms with Gasteiger partial charge in [-0.05, 0) is 37.8 Å². The molecule has 2 saturated heterocycles. The van der Waals surface area contributed by atoms with Crippen molar-refractivity contribution in [1.82, 2.24) is 34.4 Å². The summed E-state index contributed by atoms with van der Waals surface area (Å²) in [6.45, 7) is 2.59. The van der Waals surface area contributed by atoms with Gasteiger partial charge in [0.2, 0.25) is 15.2 Å². The number of aromatic nitrogens is 5. The Labute approximate surface area is 248 Å². The van der Waals surface area contributed by atoms with E-state index in [0.29, 0.717) is 92.0 Å². The van der Waals surface area contributed by atoms with Crippen LogP contribution in [0.1, 0.15) is 37.1 Å². The molecule has 226 valence electrons. The molecule has 12 nitrogen and oxygen atoms in total. The Kier molecular flexibility index (Phi) is 7.01. The highest BCUT2D eigenvalue weighted by atomic mass is 32.2. The van der Waals surface area contributed by atoms with Crippen LogP contribution in [0, 0.1) is 11.3 Å². The van der Waals surface area contributed by atoms with Crippen LogP contribution in [0.15, 0.2) is 29.4 Å². The third kappa shape index (κ3) is 4.90. The van der Waals surface area contributed by atoms with Crippen molar-refractivity contribution in [1.29, 1.82) is 5.26 Å². The van der Waals surface area contributed by atoms with E-state index < -0.39 is 39.3 Å². The van der Waals surface area contributed by atoms with Crippen molar-refractivity contribution in [3.05, 3.63) is 29.5 Å². The number of nitrogens with one attached hydrogen (secondary N) is 1. The quantitative estimate of drug-likeness (QED) is 0.322. The summed E-state index contributed by atoms with van der Waals surface area (Å²) in [5.74, 6) is 0.446. The van der Waals surface area contributed by atoms with Gasteiger partial charge < -0.3 is 9.64 Å². The molecular formula is C26H26F3N9O3S2. The van der Waals surface area contributed by atoms with Gasteiger partial charge in [0.25, 0.3) is 6.43 Å². The fourth-order valence-corrected chi connectivity index (χ4v) is 8.00. The van der Waals surface area contributed by atoms with Gasteiger partial charge in [-0.25, -0.2) is 31.6 Å². The number of piperidine rings is 1. The molecule has 7 rings (SSSR count). The number of hydrogen-bond acceptors (Lipinski definition) is 11. The van der Waals surface area contributed by atoms with Crippen LogP contribution < -0.4 is 9.62 Å². The van der Waals surface area contributed by atoms with Crippen molar-refractivity contribution in [2.24, 2.45) is 0 Å². The molecule has 3 fully saturated rings. The number of anilines is 1. The normalized spacial score (nSPS) is 22.8. The van der Waals surface area contributed by atoms with Crippen molar-refractivity contribution in [2.45, 2.75) is 54.9 Å². The molecule has 3 aliphatic rings. The molecule has 2 atom stereocenters. The Bertz CT molecular complexity index is 1850.